The van der Waals surface area contributed by atoms with E-state index in [1.165, 1.54) is 0 Å². The van der Waals surface area contributed by atoms with Crippen molar-refractivity contribution >= 4 is 28.6 Å². The highest BCUT2D eigenvalue weighted by atomic mass is 79.9. The summed E-state index contributed by atoms with van der Waals surface area (Å²) in [4.78, 5) is 4.79. The minimum atomic E-state index is 0.564. The van der Waals surface area contributed by atoms with Gasteiger partial charge in [-0.3, -0.25) is 0 Å². The van der Waals surface area contributed by atoms with Gasteiger partial charge >= 0.3 is 0 Å². The van der Waals surface area contributed by atoms with Gasteiger partial charge in [0, 0.05) is 10.7 Å². The molecule has 0 radical (unpaired) electrons. The maximum absolute atomic E-state index is 4.97. The molecule has 1 aromatic rings. The number of halogens is 1. The van der Waals surface area contributed by atoms with E-state index in [0.717, 1.165) is 14.9 Å². The number of ether oxygens (including phenoxy) is 1. The molecular weight excluding hydrogens is 226 g/mol. The van der Waals surface area contributed by atoms with E-state index in [1.807, 2.05) is 6.92 Å². The first-order chi connectivity index (χ1) is 5.16. The predicted molar refractivity (Wildman–Crippen MR) is 50.5 cm³/mol. The number of methoxy groups -OCH3 is 1. The van der Waals surface area contributed by atoms with Gasteiger partial charge < -0.3 is 4.74 Å². The van der Waals surface area contributed by atoms with Crippen molar-refractivity contribution in [3.05, 3.63) is 16.2 Å². The molecule has 0 bridgehead atoms. The van der Waals surface area contributed by atoms with Crippen LogP contribution in [-0.4, -0.2) is 12.1 Å². The Morgan fingerprint density at radius 1 is 1.64 bits per heavy atom. The van der Waals surface area contributed by atoms with Crippen LogP contribution in [0.5, 0.6) is 5.88 Å². The minimum absolute atomic E-state index is 0.564. The van der Waals surface area contributed by atoms with Crippen LogP contribution >= 0.6 is 28.6 Å². The zero-order valence-electron chi connectivity index (χ0n) is 6.26. The van der Waals surface area contributed by atoms with Crippen LogP contribution in [0.25, 0.3) is 0 Å². The van der Waals surface area contributed by atoms with E-state index < -0.39 is 0 Å². The van der Waals surface area contributed by atoms with Gasteiger partial charge in [0.1, 0.15) is 0 Å². The van der Waals surface area contributed by atoms with Crippen molar-refractivity contribution in [3.63, 3.8) is 0 Å². The molecule has 0 aliphatic carbocycles. The molecule has 0 atom stereocenters. The first-order valence-electron chi connectivity index (χ1n) is 3.05. The van der Waals surface area contributed by atoms with Gasteiger partial charge in [0.25, 0.3) is 0 Å². The number of nitrogens with zero attached hydrogens (tertiary/aromatic N) is 1. The third-order valence-corrected chi connectivity index (χ3v) is 2.73. The maximum atomic E-state index is 4.97. The Bertz CT molecular complexity index is 277. The highest BCUT2D eigenvalue weighted by Gasteiger charge is 2.05. The van der Waals surface area contributed by atoms with E-state index in [-0.39, 0.29) is 0 Å². The normalized spacial score (nSPS) is 9.82. The summed E-state index contributed by atoms with van der Waals surface area (Å²) in [5, 5.41) is 0. The van der Waals surface area contributed by atoms with Crippen LogP contribution in [0.3, 0.4) is 0 Å². The maximum Gasteiger partial charge on any atom is 0.227 e. The highest BCUT2D eigenvalue weighted by Crippen LogP contribution is 2.28. The quantitative estimate of drug-likeness (QED) is 0.754. The number of aromatic nitrogens is 1. The molecular formula is C7H8BrNOS. The van der Waals surface area contributed by atoms with Gasteiger partial charge in [0.15, 0.2) is 0 Å². The molecule has 1 heterocycles. The number of hydrogen-bond acceptors (Lipinski definition) is 3. The standard InChI is InChI=1S/C7H8BrNOS/c1-4-5(8)3-9-7(10-2)6(4)11/h3,11H,1-2H3. The average molecular weight is 234 g/mol. The summed E-state index contributed by atoms with van der Waals surface area (Å²) in [7, 11) is 1.58. The molecule has 0 amide bonds. The summed E-state index contributed by atoms with van der Waals surface area (Å²) in [5.74, 6) is 0.564. The first-order valence-corrected chi connectivity index (χ1v) is 4.29. The molecule has 2 nitrogen and oxygen atoms in total. The van der Waals surface area contributed by atoms with E-state index in [2.05, 4.69) is 33.5 Å². The first kappa shape index (κ1) is 8.87. The zero-order valence-corrected chi connectivity index (χ0v) is 8.74. The lowest BCUT2D eigenvalue weighted by molar-refractivity contribution is 0.386. The van der Waals surface area contributed by atoms with Crippen molar-refractivity contribution in [2.45, 2.75) is 11.8 Å². The number of pyridine rings is 1. The van der Waals surface area contributed by atoms with E-state index in [9.17, 15) is 0 Å². The molecule has 0 N–H and O–H groups in total. The summed E-state index contributed by atoms with van der Waals surface area (Å²) in [5.41, 5.74) is 1.04. The second kappa shape index (κ2) is 3.45. The Labute approximate surface area is 79.5 Å². The Morgan fingerprint density at radius 2 is 2.27 bits per heavy atom. The largest absolute Gasteiger partial charge is 0.480 e. The second-order valence-electron chi connectivity index (χ2n) is 2.09. The Balaban J connectivity index is 3.25. The molecule has 4 heteroatoms. The van der Waals surface area contributed by atoms with Gasteiger partial charge in [-0.25, -0.2) is 4.98 Å². The van der Waals surface area contributed by atoms with Crippen LogP contribution in [0.4, 0.5) is 0 Å². The van der Waals surface area contributed by atoms with E-state index >= 15 is 0 Å². The fraction of sp³-hybridized carbons (Fsp3) is 0.286. The van der Waals surface area contributed by atoms with Crippen molar-refractivity contribution in [1.82, 2.24) is 4.98 Å². The highest BCUT2D eigenvalue weighted by molar-refractivity contribution is 9.10. The topological polar surface area (TPSA) is 22.1 Å². The van der Waals surface area contributed by atoms with Crippen molar-refractivity contribution in [2.24, 2.45) is 0 Å². The van der Waals surface area contributed by atoms with E-state index in [1.54, 1.807) is 13.3 Å². The van der Waals surface area contributed by atoms with Crippen LogP contribution in [-0.2, 0) is 0 Å². The Morgan fingerprint density at radius 3 is 2.82 bits per heavy atom. The minimum Gasteiger partial charge on any atom is -0.480 e. The Kier molecular flexibility index (Phi) is 2.78. The molecule has 0 aromatic carbocycles. The summed E-state index contributed by atoms with van der Waals surface area (Å²) in [6, 6.07) is 0. The third-order valence-electron chi connectivity index (χ3n) is 1.40. The molecule has 1 rings (SSSR count). The van der Waals surface area contributed by atoms with Crippen molar-refractivity contribution in [2.75, 3.05) is 7.11 Å². The zero-order chi connectivity index (χ0) is 8.43. The summed E-state index contributed by atoms with van der Waals surface area (Å²) >= 11 is 7.59. The molecule has 0 spiro atoms. The molecule has 1 aromatic heterocycles. The molecule has 0 aliphatic heterocycles. The molecule has 0 aliphatic rings. The van der Waals surface area contributed by atoms with Gasteiger partial charge in [-0.05, 0) is 28.4 Å². The SMILES string of the molecule is COc1ncc(Br)c(C)c1S. The van der Waals surface area contributed by atoms with Crippen LogP contribution in [0.2, 0.25) is 0 Å². The van der Waals surface area contributed by atoms with Crippen molar-refractivity contribution in [1.29, 1.82) is 0 Å². The van der Waals surface area contributed by atoms with Crippen molar-refractivity contribution in [3.8, 4) is 5.88 Å². The van der Waals surface area contributed by atoms with E-state index in [4.69, 9.17) is 4.74 Å². The van der Waals surface area contributed by atoms with Crippen LogP contribution in [0, 0.1) is 6.92 Å². The lowest BCUT2D eigenvalue weighted by atomic mass is 10.3. The Hall–Kier alpha value is -0.220. The van der Waals surface area contributed by atoms with Crippen LogP contribution < -0.4 is 4.74 Å². The molecule has 60 valence electrons. The van der Waals surface area contributed by atoms with E-state index in [0.29, 0.717) is 5.88 Å². The number of rotatable bonds is 1. The lowest BCUT2D eigenvalue weighted by Crippen LogP contribution is -1.91. The van der Waals surface area contributed by atoms with Gasteiger partial charge in [-0.2, -0.15) is 0 Å². The lowest BCUT2D eigenvalue weighted by Gasteiger charge is -2.05. The molecule has 0 unspecified atom stereocenters. The summed E-state index contributed by atoms with van der Waals surface area (Å²) < 4.78 is 5.92. The van der Waals surface area contributed by atoms with Crippen LogP contribution in [0.1, 0.15) is 5.56 Å². The molecule has 11 heavy (non-hydrogen) atoms. The molecule has 0 saturated carbocycles. The molecule has 0 fully saturated rings. The average Bonchev–Trinajstić information content (AvgIpc) is 2.01. The summed E-state index contributed by atoms with van der Waals surface area (Å²) in [6.45, 7) is 1.95. The van der Waals surface area contributed by atoms with Crippen LogP contribution in [0.15, 0.2) is 15.6 Å². The van der Waals surface area contributed by atoms with Crippen molar-refractivity contribution < 1.29 is 4.74 Å². The smallest absolute Gasteiger partial charge is 0.227 e. The fourth-order valence-corrected chi connectivity index (χ4v) is 1.42. The van der Waals surface area contributed by atoms with Gasteiger partial charge in [-0.1, -0.05) is 0 Å². The third kappa shape index (κ3) is 1.68. The second-order valence-corrected chi connectivity index (χ2v) is 3.39. The predicted octanol–water partition coefficient (Wildman–Crippen LogP) is 2.45. The monoisotopic (exact) mass is 233 g/mol. The van der Waals surface area contributed by atoms with Gasteiger partial charge in [-0.15, -0.1) is 12.6 Å². The number of thiol groups is 1. The van der Waals surface area contributed by atoms with Gasteiger partial charge in [0.05, 0.1) is 12.0 Å². The molecule has 0 saturated heterocycles. The van der Waals surface area contributed by atoms with Gasteiger partial charge in [0.2, 0.25) is 5.88 Å². The fourth-order valence-electron chi connectivity index (χ4n) is 0.696. The number of hydrogen-bond donors (Lipinski definition) is 1. The summed E-state index contributed by atoms with van der Waals surface area (Å²) in [6.07, 6.45) is 1.70.